The molecule has 26 heavy (non-hydrogen) atoms. The first-order chi connectivity index (χ1) is 12.2. The molecule has 0 radical (unpaired) electrons. The van der Waals surface area contributed by atoms with Crippen LogP contribution in [0.15, 0.2) is 29.1 Å². The minimum absolute atomic E-state index is 0. The highest BCUT2D eigenvalue weighted by Gasteiger charge is 2.23. The first kappa shape index (κ1) is 20.3. The van der Waals surface area contributed by atoms with E-state index in [0.29, 0.717) is 23.4 Å². The molecule has 1 heterocycles. The van der Waals surface area contributed by atoms with E-state index < -0.39 is 0 Å². The number of aryl methyl sites for hydroxylation is 1. The SMILES string of the molecule is Cl.NCC(NC(=O)CCn1nnc2ccccc2c1=O)C1CCCCC1. The van der Waals surface area contributed by atoms with E-state index in [0.717, 1.165) is 12.8 Å². The van der Waals surface area contributed by atoms with Gasteiger partial charge in [0.1, 0.15) is 5.52 Å². The van der Waals surface area contributed by atoms with Crippen molar-refractivity contribution in [3.63, 3.8) is 0 Å². The number of nitrogens with zero attached hydrogens (tertiary/aromatic N) is 3. The number of amides is 1. The highest BCUT2D eigenvalue weighted by atomic mass is 35.5. The van der Waals surface area contributed by atoms with Crippen molar-refractivity contribution in [3.8, 4) is 0 Å². The molecule has 1 amide bonds. The van der Waals surface area contributed by atoms with Crippen molar-refractivity contribution in [3.05, 3.63) is 34.6 Å². The van der Waals surface area contributed by atoms with Crippen molar-refractivity contribution in [2.45, 2.75) is 51.1 Å². The summed E-state index contributed by atoms with van der Waals surface area (Å²) in [5.74, 6) is 0.369. The Morgan fingerprint density at radius 3 is 2.73 bits per heavy atom. The van der Waals surface area contributed by atoms with Crippen LogP contribution in [0, 0.1) is 5.92 Å². The standard InChI is InChI=1S/C18H25N5O2.ClH/c19-12-16(13-6-2-1-3-7-13)20-17(24)10-11-23-18(25)14-8-4-5-9-15(14)21-22-23;/h4-5,8-9,13,16H,1-3,6-7,10-12,19H2,(H,20,24);1H. The third kappa shape index (κ3) is 4.80. The van der Waals surface area contributed by atoms with Crippen molar-refractivity contribution < 1.29 is 4.79 Å². The normalized spacial score (nSPS) is 16.0. The van der Waals surface area contributed by atoms with Gasteiger partial charge in [-0.3, -0.25) is 9.59 Å². The zero-order chi connectivity index (χ0) is 17.6. The van der Waals surface area contributed by atoms with E-state index in [2.05, 4.69) is 15.6 Å². The Balaban J connectivity index is 0.00000243. The number of benzene rings is 1. The molecule has 1 saturated carbocycles. The molecule has 3 rings (SSSR count). The fourth-order valence-corrected chi connectivity index (χ4v) is 3.56. The monoisotopic (exact) mass is 379 g/mol. The molecule has 0 bridgehead atoms. The van der Waals surface area contributed by atoms with Crippen molar-refractivity contribution >= 4 is 29.2 Å². The molecule has 1 aromatic carbocycles. The number of nitrogens with two attached hydrogens (primary N) is 1. The van der Waals surface area contributed by atoms with Gasteiger partial charge in [-0.15, -0.1) is 17.5 Å². The van der Waals surface area contributed by atoms with Crippen LogP contribution in [0.25, 0.3) is 10.9 Å². The van der Waals surface area contributed by atoms with Gasteiger partial charge in [-0.1, -0.05) is 36.6 Å². The van der Waals surface area contributed by atoms with E-state index >= 15 is 0 Å². The largest absolute Gasteiger partial charge is 0.352 e. The molecule has 7 nitrogen and oxygen atoms in total. The lowest BCUT2D eigenvalue weighted by atomic mass is 9.84. The van der Waals surface area contributed by atoms with E-state index in [1.165, 1.54) is 23.9 Å². The second-order valence-corrected chi connectivity index (χ2v) is 6.69. The number of hydrogen-bond donors (Lipinski definition) is 2. The lowest BCUT2D eigenvalue weighted by molar-refractivity contribution is -0.122. The number of halogens is 1. The predicted octanol–water partition coefficient (Wildman–Crippen LogP) is 1.63. The summed E-state index contributed by atoms with van der Waals surface area (Å²) in [7, 11) is 0. The second kappa shape index (κ2) is 9.64. The predicted molar refractivity (Wildman–Crippen MR) is 103 cm³/mol. The lowest BCUT2D eigenvalue weighted by Gasteiger charge is -2.30. The third-order valence-electron chi connectivity index (χ3n) is 5.00. The number of hydrogen-bond acceptors (Lipinski definition) is 5. The van der Waals surface area contributed by atoms with Gasteiger partial charge >= 0.3 is 0 Å². The number of rotatable bonds is 6. The van der Waals surface area contributed by atoms with Crippen LogP contribution in [0.1, 0.15) is 38.5 Å². The average molecular weight is 380 g/mol. The Hall–Kier alpha value is -1.99. The Kier molecular flexibility index (Phi) is 7.53. The Morgan fingerprint density at radius 1 is 1.27 bits per heavy atom. The van der Waals surface area contributed by atoms with Crippen molar-refractivity contribution in [2.75, 3.05) is 6.54 Å². The van der Waals surface area contributed by atoms with E-state index in [4.69, 9.17) is 5.73 Å². The summed E-state index contributed by atoms with van der Waals surface area (Å²) in [5.41, 5.74) is 6.20. The number of carbonyl (C=O) groups excluding carboxylic acids is 1. The van der Waals surface area contributed by atoms with E-state index in [1.54, 1.807) is 18.2 Å². The van der Waals surface area contributed by atoms with Gasteiger partial charge in [-0.2, -0.15) is 0 Å². The highest BCUT2D eigenvalue weighted by Crippen LogP contribution is 2.26. The van der Waals surface area contributed by atoms with Crippen LogP contribution in [-0.4, -0.2) is 33.5 Å². The molecule has 0 aliphatic heterocycles. The Morgan fingerprint density at radius 2 is 2.00 bits per heavy atom. The summed E-state index contributed by atoms with van der Waals surface area (Å²) in [6.45, 7) is 0.663. The Bertz CT molecular complexity index is 788. The van der Waals surface area contributed by atoms with Gasteiger partial charge in [-0.25, -0.2) is 4.68 Å². The molecule has 8 heteroatoms. The smallest absolute Gasteiger partial charge is 0.277 e. The maximum Gasteiger partial charge on any atom is 0.277 e. The van der Waals surface area contributed by atoms with Crippen LogP contribution in [0.4, 0.5) is 0 Å². The molecular formula is C18H26ClN5O2. The minimum atomic E-state index is -0.221. The summed E-state index contributed by atoms with van der Waals surface area (Å²) in [5, 5.41) is 11.5. The second-order valence-electron chi connectivity index (χ2n) is 6.69. The maximum absolute atomic E-state index is 12.4. The van der Waals surface area contributed by atoms with Gasteiger partial charge in [0, 0.05) is 19.0 Å². The molecule has 2 aromatic rings. The number of carbonyl (C=O) groups is 1. The van der Waals surface area contributed by atoms with E-state index in [9.17, 15) is 9.59 Å². The number of nitrogens with one attached hydrogen (secondary N) is 1. The Labute approximate surface area is 158 Å². The van der Waals surface area contributed by atoms with Gasteiger partial charge in [0.15, 0.2) is 0 Å². The molecular weight excluding hydrogens is 354 g/mol. The quantitative estimate of drug-likeness (QED) is 0.793. The zero-order valence-electron chi connectivity index (χ0n) is 14.8. The molecule has 0 spiro atoms. The topological polar surface area (TPSA) is 103 Å². The van der Waals surface area contributed by atoms with Crippen LogP contribution < -0.4 is 16.6 Å². The summed E-state index contributed by atoms with van der Waals surface area (Å²) >= 11 is 0. The molecule has 1 unspecified atom stereocenters. The van der Waals surface area contributed by atoms with Gasteiger partial charge in [0.05, 0.1) is 11.9 Å². The summed E-state index contributed by atoms with van der Waals surface area (Å²) in [6, 6.07) is 7.09. The average Bonchev–Trinajstić information content (AvgIpc) is 2.66. The summed E-state index contributed by atoms with van der Waals surface area (Å²) in [4.78, 5) is 24.6. The van der Waals surface area contributed by atoms with Gasteiger partial charge in [-0.05, 0) is 30.9 Å². The molecule has 0 saturated heterocycles. The molecule has 142 valence electrons. The first-order valence-corrected chi connectivity index (χ1v) is 9.01. The molecule has 1 aliphatic carbocycles. The van der Waals surface area contributed by atoms with E-state index in [-0.39, 0.29) is 42.9 Å². The fourth-order valence-electron chi connectivity index (χ4n) is 3.56. The van der Waals surface area contributed by atoms with E-state index in [1.807, 2.05) is 6.07 Å². The number of fused-ring (bicyclic) bond motifs is 1. The minimum Gasteiger partial charge on any atom is -0.352 e. The van der Waals surface area contributed by atoms with Crippen LogP contribution in [0.2, 0.25) is 0 Å². The molecule has 1 atom stereocenters. The van der Waals surface area contributed by atoms with Gasteiger partial charge in [0.25, 0.3) is 5.56 Å². The maximum atomic E-state index is 12.4. The third-order valence-corrected chi connectivity index (χ3v) is 5.00. The fraction of sp³-hybridized carbons (Fsp3) is 0.556. The van der Waals surface area contributed by atoms with Crippen molar-refractivity contribution in [1.82, 2.24) is 20.3 Å². The molecule has 1 fully saturated rings. The van der Waals surface area contributed by atoms with Crippen molar-refractivity contribution in [1.29, 1.82) is 0 Å². The summed E-state index contributed by atoms with van der Waals surface area (Å²) < 4.78 is 1.25. The van der Waals surface area contributed by atoms with Crippen LogP contribution >= 0.6 is 12.4 Å². The van der Waals surface area contributed by atoms with Gasteiger partial charge < -0.3 is 11.1 Å². The molecule has 1 aliphatic rings. The summed E-state index contributed by atoms with van der Waals surface area (Å²) in [6.07, 6.45) is 6.12. The van der Waals surface area contributed by atoms with Crippen LogP contribution in [0.5, 0.6) is 0 Å². The highest BCUT2D eigenvalue weighted by molar-refractivity contribution is 5.85. The number of aromatic nitrogens is 3. The van der Waals surface area contributed by atoms with Crippen molar-refractivity contribution in [2.24, 2.45) is 11.7 Å². The van der Waals surface area contributed by atoms with Crippen LogP contribution in [-0.2, 0) is 11.3 Å². The van der Waals surface area contributed by atoms with Gasteiger partial charge in [0.2, 0.25) is 5.91 Å². The molecule has 1 aromatic heterocycles. The van der Waals surface area contributed by atoms with Crippen LogP contribution in [0.3, 0.4) is 0 Å². The lowest BCUT2D eigenvalue weighted by Crippen LogP contribution is -2.46. The first-order valence-electron chi connectivity index (χ1n) is 9.01. The molecule has 3 N–H and O–H groups in total. The zero-order valence-corrected chi connectivity index (χ0v) is 15.6.